The number of ether oxygens (including phenoxy) is 1. The summed E-state index contributed by atoms with van der Waals surface area (Å²) >= 11 is 6.41. The van der Waals surface area contributed by atoms with Gasteiger partial charge in [0, 0.05) is 25.0 Å². The van der Waals surface area contributed by atoms with Gasteiger partial charge in [0.25, 0.3) is 5.91 Å². The molecule has 5 nitrogen and oxygen atoms in total. The largest absolute Gasteiger partial charge is 0.483 e. The standard InChI is InChI=1S/C28H31ClN2O3/c1-20(2)23-14-8-10-16-26(23)34-19-27(32)31(18-22-13-7-9-15-24(22)29)25(28(33)30-3)17-21-11-5-4-6-12-21/h4-16,20,25H,17-19H2,1-3H3,(H,30,33)/t25-/m0/s1. The van der Waals surface area contributed by atoms with E-state index in [-0.39, 0.29) is 30.9 Å². The molecule has 0 aliphatic rings. The van der Waals surface area contributed by atoms with Crippen LogP contribution in [-0.2, 0) is 22.6 Å². The molecule has 1 atom stereocenters. The van der Waals surface area contributed by atoms with Crippen molar-refractivity contribution in [3.63, 3.8) is 0 Å². The first-order valence-corrected chi connectivity index (χ1v) is 11.8. The molecule has 0 aromatic heterocycles. The predicted octanol–water partition coefficient (Wildman–Crippen LogP) is 5.23. The Morgan fingerprint density at radius 1 is 0.941 bits per heavy atom. The molecule has 0 aliphatic heterocycles. The molecule has 1 N–H and O–H groups in total. The summed E-state index contributed by atoms with van der Waals surface area (Å²) in [6, 6.07) is 24.0. The normalized spacial score (nSPS) is 11.7. The van der Waals surface area contributed by atoms with E-state index in [9.17, 15) is 9.59 Å². The molecular formula is C28H31ClN2O3. The fourth-order valence-electron chi connectivity index (χ4n) is 3.84. The second kappa shape index (κ2) is 12.2. The summed E-state index contributed by atoms with van der Waals surface area (Å²) in [5.74, 6) is 0.389. The van der Waals surface area contributed by atoms with Gasteiger partial charge >= 0.3 is 0 Å². The van der Waals surface area contributed by atoms with Crippen molar-refractivity contribution in [1.82, 2.24) is 10.2 Å². The summed E-state index contributed by atoms with van der Waals surface area (Å²) < 4.78 is 5.97. The van der Waals surface area contributed by atoms with Crippen LogP contribution in [-0.4, -0.2) is 36.4 Å². The van der Waals surface area contributed by atoms with E-state index >= 15 is 0 Å². The number of carbonyl (C=O) groups excluding carboxylic acids is 2. The van der Waals surface area contributed by atoms with E-state index < -0.39 is 6.04 Å². The molecule has 0 saturated carbocycles. The number of hydrogen-bond acceptors (Lipinski definition) is 3. The number of para-hydroxylation sites is 1. The highest BCUT2D eigenvalue weighted by Crippen LogP contribution is 2.26. The summed E-state index contributed by atoms with van der Waals surface area (Å²) in [4.78, 5) is 28.1. The van der Waals surface area contributed by atoms with Crippen LogP contribution in [0.15, 0.2) is 78.9 Å². The maximum Gasteiger partial charge on any atom is 0.261 e. The zero-order valence-electron chi connectivity index (χ0n) is 19.8. The van der Waals surface area contributed by atoms with E-state index in [0.717, 1.165) is 16.7 Å². The lowest BCUT2D eigenvalue weighted by Gasteiger charge is -2.31. The first kappa shape index (κ1) is 25.3. The molecule has 6 heteroatoms. The third kappa shape index (κ3) is 6.61. The van der Waals surface area contributed by atoms with Crippen molar-refractivity contribution >= 4 is 23.4 Å². The SMILES string of the molecule is CNC(=O)[C@H](Cc1ccccc1)N(Cc1ccccc1Cl)C(=O)COc1ccccc1C(C)C. The molecule has 3 aromatic carbocycles. The van der Waals surface area contributed by atoms with Crippen LogP contribution in [0.25, 0.3) is 0 Å². The van der Waals surface area contributed by atoms with Gasteiger partial charge in [-0.05, 0) is 34.7 Å². The summed E-state index contributed by atoms with van der Waals surface area (Å²) in [5.41, 5.74) is 2.75. The molecular weight excluding hydrogens is 448 g/mol. The lowest BCUT2D eigenvalue weighted by atomic mass is 10.0. The Balaban J connectivity index is 1.90. The lowest BCUT2D eigenvalue weighted by molar-refractivity contribution is -0.142. The van der Waals surface area contributed by atoms with Gasteiger partial charge < -0.3 is 15.0 Å². The molecule has 3 rings (SSSR count). The molecule has 0 fully saturated rings. The Morgan fingerprint density at radius 3 is 2.26 bits per heavy atom. The number of nitrogens with zero attached hydrogens (tertiary/aromatic N) is 1. The fraction of sp³-hybridized carbons (Fsp3) is 0.286. The maximum atomic E-state index is 13.5. The number of likely N-dealkylation sites (N-methyl/N-ethyl adjacent to an activating group) is 1. The number of nitrogens with one attached hydrogen (secondary N) is 1. The van der Waals surface area contributed by atoms with Crippen molar-refractivity contribution in [2.75, 3.05) is 13.7 Å². The molecule has 3 aromatic rings. The average Bonchev–Trinajstić information content (AvgIpc) is 2.86. The van der Waals surface area contributed by atoms with Gasteiger partial charge in [-0.2, -0.15) is 0 Å². The Bertz CT molecular complexity index is 1100. The maximum absolute atomic E-state index is 13.5. The number of benzene rings is 3. The molecule has 34 heavy (non-hydrogen) atoms. The lowest BCUT2D eigenvalue weighted by Crippen LogP contribution is -2.51. The average molecular weight is 479 g/mol. The molecule has 0 spiro atoms. The predicted molar refractivity (Wildman–Crippen MR) is 136 cm³/mol. The highest BCUT2D eigenvalue weighted by molar-refractivity contribution is 6.31. The second-order valence-corrected chi connectivity index (χ2v) is 8.82. The monoisotopic (exact) mass is 478 g/mol. The summed E-state index contributed by atoms with van der Waals surface area (Å²) in [6.07, 6.45) is 0.374. The molecule has 178 valence electrons. The van der Waals surface area contributed by atoms with Gasteiger partial charge in [0.2, 0.25) is 5.91 Å². The van der Waals surface area contributed by atoms with Crippen LogP contribution in [0.5, 0.6) is 5.75 Å². The molecule has 2 amide bonds. The number of hydrogen-bond donors (Lipinski definition) is 1. The molecule has 0 radical (unpaired) electrons. The van der Waals surface area contributed by atoms with Crippen molar-refractivity contribution in [3.05, 3.63) is 101 Å². The van der Waals surface area contributed by atoms with Gasteiger partial charge in [0.1, 0.15) is 11.8 Å². The third-order valence-electron chi connectivity index (χ3n) is 5.71. The first-order chi connectivity index (χ1) is 16.4. The smallest absolute Gasteiger partial charge is 0.261 e. The van der Waals surface area contributed by atoms with Crippen LogP contribution in [0, 0.1) is 0 Å². The summed E-state index contributed by atoms with van der Waals surface area (Å²) in [7, 11) is 1.58. The van der Waals surface area contributed by atoms with Crippen LogP contribution in [0.4, 0.5) is 0 Å². The van der Waals surface area contributed by atoms with E-state index in [0.29, 0.717) is 17.2 Å². The van der Waals surface area contributed by atoms with E-state index in [1.165, 1.54) is 0 Å². The Morgan fingerprint density at radius 2 is 1.59 bits per heavy atom. The first-order valence-electron chi connectivity index (χ1n) is 11.4. The van der Waals surface area contributed by atoms with Crippen molar-refractivity contribution in [2.45, 2.75) is 38.8 Å². The van der Waals surface area contributed by atoms with Crippen LogP contribution >= 0.6 is 11.6 Å². The van der Waals surface area contributed by atoms with Gasteiger partial charge in [-0.25, -0.2) is 0 Å². The molecule has 0 aliphatic carbocycles. The van der Waals surface area contributed by atoms with Crippen LogP contribution < -0.4 is 10.1 Å². The molecule has 0 bridgehead atoms. The van der Waals surface area contributed by atoms with Gasteiger partial charge in [0.15, 0.2) is 6.61 Å². The Hall–Kier alpha value is -3.31. The second-order valence-electron chi connectivity index (χ2n) is 8.41. The minimum atomic E-state index is -0.722. The zero-order valence-corrected chi connectivity index (χ0v) is 20.6. The van der Waals surface area contributed by atoms with Crippen LogP contribution in [0.3, 0.4) is 0 Å². The fourth-order valence-corrected chi connectivity index (χ4v) is 4.04. The van der Waals surface area contributed by atoms with Gasteiger partial charge in [0.05, 0.1) is 0 Å². The van der Waals surface area contributed by atoms with Crippen LogP contribution in [0.2, 0.25) is 5.02 Å². The number of rotatable bonds is 10. The molecule has 0 saturated heterocycles. The summed E-state index contributed by atoms with van der Waals surface area (Å²) in [5, 5.41) is 3.26. The topological polar surface area (TPSA) is 58.6 Å². The van der Waals surface area contributed by atoms with Gasteiger partial charge in [-0.15, -0.1) is 0 Å². The van der Waals surface area contributed by atoms with Crippen molar-refractivity contribution in [3.8, 4) is 5.75 Å². The number of carbonyl (C=O) groups is 2. The zero-order chi connectivity index (χ0) is 24.5. The summed E-state index contributed by atoms with van der Waals surface area (Å²) in [6.45, 7) is 4.17. The van der Waals surface area contributed by atoms with Gasteiger partial charge in [-0.3, -0.25) is 9.59 Å². The van der Waals surface area contributed by atoms with E-state index in [4.69, 9.17) is 16.3 Å². The Labute approximate surface area is 206 Å². The van der Waals surface area contributed by atoms with Crippen molar-refractivity contribution in [2.24, 2.45) is 0 Å². The van der Waals surface area contributed by atoms with Crippen LogP contribution in [0.1, 0.15) is 36.5 Å². The molecule has 0 unspecified atom stereocenters. The highest BCUT2D eigenvalue weighted by Gasteiger charge is 2.30. The third-order valence-corrected chi connectivity index (χ3v) is 6.08. The number of halogens is 1. The number of amides is 2. The molecule has 0 heterocycles. The van der Waals surface area contributed by atoms with Crippen molar-refractivity contribution in [1.29, 1.82) is 0 Å². The van der Waals surface area contributed by atoms with Crippen molar-refractivity contribution < 1.29 is 14.3 Å². The quantitative estimate of drug-likeness (QED) is 0.434. The van der Waals surface area contributed by atoms with Gasteiger partial charge in [-0.1, -0.05) is 92.2 Å². The van der Waals surface area contributed by atoms with E-state index in [1.54, 1.807) is 18.0 Å². The highest BCUT2D eigenvalue weighted by atomic mass is 35.5. The van der Waals surface area contributed by atoms with E-state index in [1.807, 2.05) is 72.8 Å². The van der Waals surface area contributed by atoms with E-state index in [2.05, 4.69) is 19.2 Å². The Kier molecular flexibility index (Phi) is 9.11. The minimum absolute atomic E-state index is 0.184. The minimum Gasteiger partial charge on any atom is -0.483 e.